The summed E-state index contributed by atoms with van der Waals surface area (Å²) < 4.78 is 22.3. The van der Waals surface area contributed by atoms with E-state index in [-0.39, 0.29) is 11.9 Å². The van der Waals surface area contributed by atoms with Crippen LogP contribution in [0.25, 0.3) is 5.69 Å². The van der Waals surface area contributed by atoms with Crippen molar-refractivity contribution in [3.8, 4) is 17.3 Å². The van der Waals surface area contributed by atoms with Crippen molar-refractivity contribution in [1.29, 1.82) is 0 Å². The fourth-order valence-electron chi connectivity index (χ4n) is 3.99. The normalized spacial score (nSPS) is 14.7. The van der Waals surface area contributed by atoms with Crippen LogP contribution >= 0.6 is 0 Å². The fourth-order valence-corrected chi connectivity index (χ4v) is 3.99. The van der Waals surface area contributed by atoms with Gasteiger partial charge in [0.2, 0.25) is 5.88 Å². The number of aryl methyl sites for hydroxylation is 1. The number of aliphatic hydroxyl groups is 1. The third-order valence-corrected chi connectivity index (χ3v) is 5.94. The molecule has 2 aromatic carbocycles. The molecule has 6 heteroatoms. The molecule has 0 amide bonds. The largest absolute Gasteiger partial charge is 0.435 e. The SMILES string of the molecule is CCCC[C@H](O)CN(Cc1c(C)nn(-c2ccccc2)c1Oc1ccccc1F)C1CC1. The average molecular weight is 438 g/mol. The van der Waals surface area contributed by atoms with E-state index in [1.807, 2.05) is 37.3 Å². The Morgan fingerprint density at radius 2 is 1.88 bits per heavy atom. The molecule has 1 aliphatic rings. The van der Waals surface area contributed by atoms with Crippen LogP contribution in [-0.4, -0.2) is 38.5 Å². The van der Waals surface area contributed by atoms with Gasteiger partial charge >= 0.3 is 0 Å². The molecule has 1 aromatic heterocycles. The molecule has 1 heterocycles. The quantitative estimate of drug-likeness (QED) is 0.423. The van der Waals surface area contributed by atoms with Crippen LogP contribution in [0.1, 0.15) is 50.3 Å². The first-order valence-electron chi connectivity index (χ1n) is 11.5. The van der Waals surface area contributed by atoms with Crippen LogP contribution in [-0.2, 0) is 6.54 Å². The Bertz CT molecular complexity index is 1020. The maximum Gasteiger partial charge on any atom is 0.227 e. The molecule has 170 valence electrons. The van der Waals surface area contributed by atoms with E-state index in [1.165, 1.54) is 6.07 Å². The van der Waals surface area contributed by atoms with E-state index >= 15 is 0 Å². The lowest BCUT2D eigenvalue weighted by atomic mass is 10.1. The van der Waals surface area contributed by atoms with Crippen LogP contribution in [0.3, 0.4) is 0 Å². The van der Waals surface area contributed by atoms with Gasteiger partial charge in [-0.2, -0.15) is 5.10 Å². The van der Waals surface area contributed by atoms with Crippen molar-refractivity contribution in [3.05, 3.63) is 71.7 Å². The number of ether oxygens (including phenoxy) is 1. The van der Waals surface area contributed by atoms with E-state index < -0.39 is 5.82 Å². The van der Waals surface area contributed by atoms with Gasteiger partial charge in [0.1, 0.15) is 0 Å². The molecule has 1 atom stereocenters. The molecule has 0 unspecified atom stereocenters. The molecule has 1 N–H and O–H groups in total. The first-order chi connectivity index (χ1) is 15.6. The molecule has 0 bridgehead atoms. The minimum atomic E-state index is -0.411. The summed E-state index contributed by atoms with van der Waals surface area (Å²) in [6, 6.07) is 16.6. The van der Waals surface area contributed by atoms with E-state index in [9.17, 15) is 9.50 Å². The number of aromatic nitrogens is 2. The summed E-state index contributed by atoms with van der Waals surface area (Å²) in [6.45, 7) is 5.33. The number of halogens is 1. The topological polar surface area (TPSA) is 50.5 Å². The van der Waals surface area contributed by atoms with Gasteiger partial charge in [0.15, 0.2) is 11.6 Å². The molecular formula is C26H32FN3O2. The zero-order chi connectivity index (χ0) is 22.5. The minimum absolute atomic E-state index is 0.173. The number of rotatable bonds is 11. The lowest BCUT2D eigenvalue weighted by Crippen LogP contribution is -2.34. The number of hydrogen-bond donors (Lipinski definition) is 1. The summed E-state index contributed by atoms with van der Waals surface area (Å²) in [5.41, 5.74) is 2.62. The second-order valence-corrected chi connectivity index (χ2v) is 8.61. The maximum absolute atomic E-state index is 14.4. The highest BCUT2D eigenvalue weighted by Crippen LogP contribution is 2.35. The zero-order valence-corrected chi connectivity index (χ0v) is 18.9. The van der Waals surface area contributed by atoms with Crippen LogP contribution < -0.4 is 4.74 Å². The molecule has 5 nitrogen and oxygen atoms in total. The smallest absolute Gasteiger partial charge is 0.227 e. The molecule has 1 fully saturated rings. The van der Waals surface area contributed by atoms with Gasteiger partial charge in [-0.3, -0.25) is 4.90 Å². The van der Waals surface area contributed by atoms with Gasteiger partial charge in [-0.05, 0) is 50.5 Å². The number of nitrogens with zero attached hydrogens (tertiary/aromatic N) is 3. The molecule has 0 saturated heterocycles. The second kappa shape index (κ2) is 10.3. The van der Waals surface area contributed by atoms with Crippen molar-refractivity contribution in [2.24, 2.45) is 0 Å². The standard InChI is InChI=1S/C26H32FN3O2/c1-3-4-12-22(31)17-29(20-15-16-20)18-23-19(2)28-30(21-10-6-5-7-11-21)26(23)32-25-14-9-8-13-24(25)27/h5-11,13-14,20,22,31H,3-4,12,15-18H2,1-2H3/t22-/m0/s1. The van der Waals surface area contributed by atoms with Crippen molar-refractivity contribution in [3.63, 3.8) is 0 Å². The van der Waals surface area contributed by atoms with Gasteiger partial charge in [0, 0.05) is 19.1 Å². The van der Waals surface area contributed by atoms with Crippen LogP contribution in [0.5, 0.6) is 11.6 Å². The summed E-state index contributed by atoms with van der Waals surface area (Å²) in [6.07, 6.45) is 4.82. The zero-order valence-electron chi connectivity index (χ0n) is 18.9. The molecule has 4 rings (SSSR count). The van der Waals surface area contributed by atoms with Crippen LogP contribution in [0, 0.1) is 12.7 Å². The highest BCUT2D eigenvalue weighted by Gasteiger charge is 2.32. The van der Waals surface area contributed by atoms with Crippen molar-refractivity contribution in [1.82, 2.24) is 14.7 Å². The Kier molecular flexibility index (Phi) is 7.22. The number of hydrogen-bond acceptors (Lipinski definition) is 4. The third kappa shape index (κ3) is 5.37. The lowest BCUT2D eigenvalue weighted by molar-refractivity contribution is 0.0949. The molecule has 0 spiro atoms. The Hall–Kier alpha value is -2.70. The van der Waals surface area contributed by atoms with Gasteiger partial charge in [-0.25, -0.2) is 9.07 Å². The number of aliphatic hydroxyl groups excluding tert-OH is 1. The predicted octanol–water partition coefficient (Wildman–Crippen LogP) is 5.63. The molecule has 0 radical (unpaired) electrons. The van der Waals surface area contributed by atoms with Gasteiger partial charge in [0.05, 0.1) is 23.0 Å². The first-order valence-corrected chi connectivity index (χ1v) is 11.5. The Morgan fingerprint density at radius 1 is 1.16 bits per heavy atom. The lowest BCUT2D eigenvalue weighted by Gasteiger charge is -2.25. The van der Waals surface area contributed by atoms with E-state index in [4.69, 9.17) is 9.84 Å². The summed E-state index contributed by atoms with van der Waals surface area (Å²) in [7, 11) is 0. The summed E-state index contributed by atoms with van der Waals surface area (Å²) >= 11 is 0. The van der Waals surface area contributed by atoms with Crippen molar-refractivity contribution in [2.75, 3.05) is 6.54 Å². The second-order valence-electron chi connectivity index (χ2n) is 8.61. The van der Waals surface area contributed by atoms with E-state index in [1.54, 1.807) is 22.9 Å². The third-order valence-electron chi connectivity index (χ3n) is 5.94. The highest BCUT2D eigenvalue weighted by atomic mass is 19.1. The van der Waals surface area contributed by atoms with Crippen molar-refractivity contribution < 1.29 is 14.2 Å². The first kappa shape index (κ1) is 22.5. The van der Waals surface area contributed by atoms with Crippen LogP contribution in [0.4, 0.5) is 4.39 Å². The summed E-state index contributed by atoms with van der Waals surface area (Å²) in [4.78, 5) is 2.33. The maximum atomic E-state index is 14.4. The van der Waals surface area contributed by atoms with Crippen molar-refractivity contribution >= 4 is 0 Å². The molecular weight excluding hydrogens is 405 g/mol. The molecule has 1 saturated carbocycles. The van der Waals surface area contributed by atoms with Gasteiger partial charge in [0.25, 0.3) is 0 Å². The monoisotopic (exact) mass is 437 g/mol. The van der Waals surface area contributed by atoms with E-state index in [2.05, 4.69) is 11.8 Å². The molecule has 32 heavy (non-hydrogen) atoms. The Labute approximate surface area is 189 Å². The van der Waals surface area contributed by atoms with E-state index in [0.29, 0.717) is 25.0 Å². The highest BCUT2D eigenvalue weighted by molar-refractivity contribution is 5.43. The number of para-hydroxylation sites is 2. The summed E-state index contributed by atoms with van der Waals surface area (Å²) in [5.74, 6) is 0.283. The minimum Gasteiger partial charge on any atom is -0.435 e. The van der Waals surface area contributed by atoms with Gasteiger partial charge in [-0.1, -0.05) is 50.1 Å². The Morgan fingerprint density at radius 3 is 2.56 bits per heavy atom. The van der Waals surface area contributed by atoms with Crippen LogP contribution in [0.15, 0.2) is 54.6 Å². The molecule has 3 aromatic rings. The van der Waals surface area contributed by atoms with Crippen LogP contribution in [0.2, 0.25) is 0 Å². The molecule has 1 aliphatic carbocycles. The average Bonchev–Trinajstić information content (AvgIpc) is 3.60. The van der Waals surface area contributed by atoms with Gasteiger partial charge in [-0.15, -0.1) is 0 Å². The summed E-state index contributed by atoms with van der Waals surface area (Å²) in [5, 5.41) is 15.3. The number of benzene rings is 2. The fraction of sp³-hybridized carbons (Fsp3) is 0.423. The predicted molar refractivity (Wildman–Crippen MR) is 124 cm³/mol. The van der Waals surface area contributed by atoms with Gasteiger partial charge < -0.3 is 9.84 Å². The molecule has 0 aliphatic heterocycles. The number of unbranched alkanes of at least 4 members (excludes halogenated alkanes) is 1. The van der Waals surface area contributed by atoms with Crippen molar-refractivity contribution in [2.45, 2.75) is 64.6 Å². The Balaban J connectivity index is 1.67. The van der Waals surface area contributed by atoms with E-state index in [0.717, 1.165) is 49.0 Å².